The van der Waals surface area contributed by atoms with E-state index in [1.807, 2.05) is 13.1 Å². The fraction of sp³-hybridized carbons (Fsp3) is 0.385. The molecule has 0 fully saturated rings. The molecule has 0 aliphatic carbocycles. The molecule has 1 aromatic carbocycles. The molecule has 4 nitrogen and oxygen atoms in total. The lowest BCUT2D eigenvalue weighted by Crippen LogP contribution is -2.06. The second-order valence-electron chi connectivity index (χ2n) is 4.07. The average molecular weight is 230 g/mol. The summed E-state index contributed by atoms with van der Waals surface area (Å²) in [5.41, 5.74) is 1.37. The van der Waals surface area contributed by atoms with Gasteiger partial charge in [-0.15, -0.1) is 0 Å². The van der Waals surface area contributed by atoms with E-state index in [0.29, 0.717) is 0 Å². The zero-order chi connectivity index (χ0) is 11.9. The monoisotopic (exact) mass is 230 g/mol. The molecular weight excluding hydrogens is 212 g/mol. The summed E-state index contributed by atoms with van der Waals surface area (Å²) in [6.07, 6.45) is 3.09. The van der Waals surface area contributed by atoms with E-state index in [1.54, 1.807) is 0 Å². The Morgan fingerprint density at radius 3 is 2.76 bits per heavy atom. The van der Waals surface area contributed by atoms with E-state index in [-0.39, 0.29) is 0 Å². The molecule has 0 atom stereocenters. The maximum absolute atomic E-state index is 4.40. The van der Waals surface area contributed by atoms with E-state index in [9.17, 15) is 0 Å². The molecular formula is C13H18N4. The van der Waals surface area contributed by atoms with Gasteiger partial charge in [0, 0.05) is 6.42 Å². The molecule has 0 radical (unpaired) electrons. The number of rotatable bonds is 6. The van der Waals surface area contributed by atoms with Crippen molar-refractivity contribution in [3.05, 3.63) is 47.5 Å². The Morgan fingerprint density at radius 2 is 2.00 bits per heavy atom. The van der Waals surface area contributed by atoms with Crippen LogP contribution in [-0.2, 0) is 19.4 Å². The lowest BCUT2D eigenvalue weighted by Gasteiger charge is -1.98. The standard InChI is InChI=1S/C13H18N4/c1-14-10-13-15-12(16-17-13)9-5-8-11-6-3-2-4-7-11/h2-4,6-7,14H,5,8-10H2,1H3,(H,15,16,17). The molecule has 90 valence electrons. The van der Waals surface area contributed by atoms with Crippen LogP contribution in [0.4, 0.5) is 0 Å². The van der Waals surface area contributed by atoms with Crippen LogP contribution in [0.25, 0.3) is 0 Å². The van der Waals surface area contributed by atoms with E-state index in [1.165, 1.54) is 5.56 Å². The van der Waals surface area contributed by atoms with Gasteiger partial charge in [-0.05, 0) is 25.5 Å². The third-order valence-electron chi connectivity index (χ3n) is 2.63. The van der Waals surface area contributed by atoms with Crippen LogP contribution < -0.4 is 5.32 Å². The molecule has 0 bridgehead atoms. The second kappa shape index (κ2) is 6.15. The number of H-pyrrole nitrogens is 1. The molecule has 0 unspecified atom stereocenters. The van der Waals surface area contributed by atoms with Gasteiger partial charge in [-0.25, -0.2) is 4.98 Å². The van der Waals surface area contributed by atoms with Crippen molar-refractivity contribution < 1.29 is 0 Å². The summed E-state index contributed by atoms with van der Waals surface area (Å²) in [6.45, 7) is 0.742. The molecule has 2 rings (SSSR count). The minimum absolute atomic E-state index is 0.742. The van der Waals surface area contributed by atoms with E-state index < -0.39 is 0 Å². The van der Waals surface area contributed by atoms with Crippen LogP contribution in [0.15, 0.2) is 30.3 Å². The van der Waals surface area contributed by atoms with Crippen molar-refractivity contribution in [3.63, 3.8) is 0 Å². The first kappa shape index (κ1) is 11.8. The third kappa shape index (κ3) is 3.67. The normalized spacial score (nSPS) is 10.6. The Bertz CT molecular complexity index is 436. The molecule has 0 saturated heterocycles. The van der Waals surface area contributed by atoms with Crippen LogP contribution in [0.2, 0.25) is 0 Å². The summed E-state index contributed by atoms with van der Waals surface area (Å²) in [5.74, 6) is 1.81. The van der Waals surface area contributed by atoms with Gasteiger partial charge in [-0.2, -0.15) is 5.10 Å². The summed E-state index contributed by atoms with van der Waals surface area (Å²) in [4.78, 5) is 4.40. The number of aromatic nitrogens is 3. The highest BCUT2D eigenvalue weighted by Gasteiger charge is 2.02. The van der Waals surface area contributed by atoms with E-state index >= 15 is 0 Å². The average Bonchev–Trinajstić information content (AvgIpc) is 2.79. The smallest absolute Gasteiger partial charge is 0.150 e. The Kier molecular flexibility index (Phi) is 4.27. The van der Waals surface area contributed by atoms with Gasteiger partial charge in [0.05, 0.1) is 6.54 Å². The molecule has 17 heavy (non-hydrogen) atoms. The summed E-state index contributed by atoms with van der Waals surface area (Å²) >= 11 is 0. The van der Waals surface area contributed by atoms with Crippen molar-refractivity contribution in [2.75, 3.05) is 7.05 Å². The van der Waals surface area contributed by atoms with Crippen molar-refractivity contribution in [2.24, 2.45) is 0 Å². The van der Waals surface area contributed by atoms with Gasteiger partial charge in [-0.3, -0.25) is 5.10 Å². The van der Waals surface area contributed by atoms with Gasteiger partial charge in [-0.1, -0.05) is 30.3 Å². The van der Waals surface area contributed by atoms with E-state index in [2.05, 4.69) is 44.8 Å². The summed E-state index contributed by atoms with van der Waals surface area (Å²) in [7, 11) is 1.90. The fourth-order valence-corrected chi connectivity index (χ4v) is 1.79. The largest absolute Gasteiger partial charge is 0.313 e. The van der Waals surface area contributed by atoms with Gasteiger partial charge in [0.1, 0.15) is 5.82 Å². The third-order valence-corrected chi connectivity index (χ3v) is 2.63. The first-order valence-corrected chi connectivity index (χ1v) is 5.97. The predicted molar refractivity (Wildman–Crippen MR) is 67.6 cm³/mol. The predicted octanol–water partition coefficient (Wildman–Crippen LogP) is 1.70. The number of aromatic amines is 1. The molecule has 0 saturated carbocycles. The Balaban J connectivity index is 1.78. The lowest BCUT2D eigenvalue weighted by atomic mass is 10.1. The van der Waals surface area contributed by atoms with Crippen molar-refractivity contribution >= 4 is 0 Å². The fourth-order valence-electron chi connectivity index (χ4n) is 1.79. The van der Waals surface area contributed by atoms with Crippen LogP contribution >= 0.6 is 0 Å². The second-order valence-corrected chi connectivity index (χ2v) is 4.07. The lowest BCUT2D eigenvalue weighted by molar-refractivity contribution is 0.759. The Morgan fingerprint density at radius 1 is 1.18 bits per heavy atom. The highest BCUT2D eigenvalue weighted by Crippen LogP contribution is 2.05. The van der Waals surface area contributed by atoms with Gasteiger partial charge in [0.15, 0.2) is 5.82 Å². The minimum Gasteiger partial charge on any atom is -0.313 e. The number of nitrogens with one attached hydrogen (secondary N) is 2. The van der Waals surface area contributed by atoms with Crippen LogP contribution in [0.3, 0.4) is 0 Å². The van der Waals surface area contributed by atoms with E-state index in [0.717, 1.165) is 37.5 Å². The quantitative estimate of drug-likeness (QED) is 0.794. The SMILES string of the molecule is CNCc1nc(CCCc2ccccc2)n[nH]1. The molecule has 4 heteroatoms. The van der Waals surface area contributed by atoms with Crippen LogP contribution in [-0.4, -0.2) is 22.2 Å². The van der Waals surface area contributed by atoms with Crippen LogP contribution in [0.5, 0.6) is 0 Å². The highest BCUT2D eigenvalue weighted by molar-refractivity contribution is 5.14. The number of hydrogen-bond donors (Lipinski definition) is 2. The van der Waals surface area contributed by atoms with Gasteiger partial charge in [0.2, 0.25) is 0 Å². The molecule has 1 aromatic heterocycles. The van der Waals surface area contributed by atoms with Crippen molar-refractivity contribution in [1.82, 2.24) is 20.5 Å². The van der Waals surface area contributed by atoms with Crippen molar-refractivity contribution in [2.45, 2.75) is 25.8 Å². The number of hydrogen-bond acceptors (Lipinski definition) is 3. The number of aryl methyl sites for hydroxylation is 2. The van der Waals surface area contributed by atoms with Gasteiger partial charge >= 0.3 is 0 Å². The Hall–Kier alpha value is -1.68. The van der Waals surface area contributed by atoms with E-state index in [4.69, 9.17) is 0 Å². The number of benzene rings is 1. The molecule has 2 N–H and O–H groups in total. The minimum atomic E-state index is 0.742. The summed E-state index contributed by atoms with van der Waals surface area (Å²) in [6, 6.07) is 10.5. The van der Waals surface area contributed by atoms with Gasteiger partial charge in [0.25, 0.3) is 0 Å². The first-order chi connectivity index (χ1) is 8.38. The summed E-state index contributed by atoms with van der Waals surface area (Å²) < 4.78 is 0. The molecule has 0 amide bonds. The molecule has 0 aliphatic rings. The van der Waals surface area contributed by atoms with Crippen LogP contribution in [0.1, 0.15) is 23.6 Å². The maximum atomic E-state index is 4.40. The Labute approximate surface area is 101 Å². The number of nitrogens with zero attached hydrogens (tertiary/aromatic N) is 2. The first-order valence-electron chi connectivity index (χ1n) is 5.97. The van der Waals surface area contributed by atoms with Crippen molar-refractivity contribution in [1.29, 1.82) is 0 Å². The molecule has 0 spiro atoms. The molecule has 0 aliphatic heterocycles. The highest BCUT2D eigenvalue weighted by atomic mass is 15.2. The zero-order valence-corrected chi connectivity index (χ0v) is 10.1. The summed E-state index contributed by atoms with van der Waals surface area (Å²) in [5, 5.41) is 10.2. The maximum Gasteiger partial charge on any atom is 0.150 e. The van der Waals surface area contributed by atoms with Crippen LogP contribution in [0, 0.1) is 0 Å². The zero-order valence-electron chi connectivity index (χ0n) is 10.1. The molecule has 1 heterocycles. The molecule has 2 aromatic rings. The van der Waals surface area contributed by atoms with Crippen molar-refractivity contribution in [3.8, 4) is 0 Å². The van der Waals surface area contributed by atoms with Gasteiger partial charge < -0.3 is 5.32 Å². The topological polar surface area (TPSA) is 53.6 Å².